The summed E-state index contributed by atoms with van der Waals surface area (Å²) >= 11 is 0. The van der Waals surface area contributed by atoms with Crippen molar-refractivity contribution in [3.05, 3.63) is 4.91 Å². The number of nitrogens with zero attached hydrogens (tertiary/aromatic N) is 1. The molecule has 0 aromatic heterocycles. The topological polar surface area (TPSA) is 66.7 Å². The summed E-state index contributed by atoms with van der Waals surface area (Å²) in [7, 11) is -3.70. The average molecular weight is 151 g/mol. The van der Waals surface area contributed by atoms with Crippen LogP contribution in [0.5, 0.6) is 0 Å². The van der Waals surface area contributed by atoms with Crippen LogP contribution in [-0.4, -0.2) is 10.6 Å². The van der Waals surface area contributed by atoms with Gasteiger partial charge in [-0.15, -0.1) is 4.91 Å². The van der Waals surface area contributed by atoms with Crippen LogP contribution in [0.15, 0.2) is 4.95 Å². The van der Waals surface area contributed by atoms with E-state index in [1.54, 1.807) is 6.92 Å². The van der Waals surface area contributed by atoms with Gasteiger partial charge in [0.05, 0.1) is 5.66 Å². The molecule has 0 spiro atoms. The van der Waals surface area contributed by atoms with Crippen molar-refractivity contribution in [3.8, 4) is 0 Å². The largest absolute Gasteiger partial charge is 0.352 e. The summed E-state index contributed by atoms with van der Waals surface area (Å²) in [6.07, 6.45) is 0.500. The van der Waals surface area contributed by atoms with Gasteiger partial charge in [-0.25, -0.2) is 0 Å². The van der Waals surface area contributed by atoms with Crippen molar-refractivity contribution in [1.82, 2.24) is 0 Å². The smallest absolute Gasteiger partial charge is 0.326 e. The van der Waals surface area contributed by atoms with Crippen molar-refractivity contribution < 1.29 is 9.46 Å². The molecule has 0 saturated heterocycles. The van der Waals surface area contributed by atoms with Gasteiger partial charge in [0, 0.05) is 4.95 Å². The lowest BCUT2D eigenvalue weighted by molar-refractivity contribution is 0.465. The molecular weight excluding hydrogens is 141 g/mol. The normalized spacial score (nSPS) is 20.3. The second kappa shape index (κ2) is 3.08. The van der Waals surface area contributed by atoms with Gasteiger partial charge in [0.2, 0.25) is 0 Å². The Morgan fingerprint density at radius 1 is 1.78 bits per heavy atom. The van der Waals surface area contributed by atoms with Crippen LogP contribution in [0.25, 0.3) is 0 Å². The first kappa shape index (κ1) is 8.79. The Morgan fingerprint density at radius 2 is 2.22 bits per heavy atom. The van der Waals surface area contributed by atoms with Gasteiger partial charge in [-0.3, -0.25) is 4.57 Å². The van der Waals surface area contributed by atoms with Gasteiger partial charge >= 0.3 is 7.52 Å². The van der Waals surface area contributed by atoms with Gasteiger partial charge in [0.15, 0.2) is 0 Å². The van der Waals surface area contributed by atoms with Crippen molar-refractivity contribution in [3.63, 3.8) is 0 Å². The molecule has 0 saturated carbocycles. The van der Waals surface area contributed by atoms with Crippen molar-refractivity contribution in [1.29, 1.82) is 0 Å². The molecule has 0 aliphatic rings. The lowest BCUT2D eigenvalue weighted by atomic mass is 10.4. The van der Waals surface area contributed by atoms with E-state index in [0.29, 0.717) is 6.42 Å². The van der Waals surface area contributed by atoms with E-state index in [1.165, 1.54) is 6.92 Å². The van der Waals surface area contributed by atoms with Crippen LogP contribution in [0.3, 0.4) is 0 Å². The molecule has 0 aromatic rings. The quantitative estimate of drug-likeness (QED) is 0.493. The highest BCUT2D eigenvalue weighted by Crippen LogP contribution is 2.48. The molecule has 2 atom stereocenters. The number of hydrogen-bond acceptors (Lipinski definition) is 2. The van der Waals surface area contributed by atoms with Gasteiger partial charge in [-0.2, -0.15) is 0 Å². The maximum atomic E-state index is 10.6. The number of hydrogen-bond donors (Lipinski definition) is 1. The van der Waals surface area contributed by atoms with Crippen LogP contribution in [0.2, 0.25) is 0 Å². The SMILES string of the molecule is CC[C@@H](C)P(=O)(O)N=O. The zero-order valence-corrected chi connectivity index (χ0v) is 6.34. The molecule has 0 aliphatic carbocycles. The highest BCUT2D eigenvalue weighted by atomic mass is 31.2. The molecule has 9 heavy (non-hydrogen) atoms. The Kier molecular flexibility index (Phi) is 3.01. The minimum atomic E-state index is -3.70. The minimum absolute atomic E-state index is 0.500. The van der Waals surface area contributed by atoms with Crippen molar-refractivity contribution in [2.75, 3.05) is 0 Å². The minimum Gasteiger partial charge on any atom is -0.326 e. The molecular formula is C4H10NO3P. The summed E-state index contributed by atoms with van der Waals surface area (Å²) in [6.45, 7) is 3.26. The summed E-state index contributed by atoms with van der Waals surface area (Å²) in [4.78, 5) is 20.5. The Hall–Kier alpha value is -0.210. The van der Waals surface area contributed by atoms with E-state index in [4.69, 9.17) is 4.89 Å². The van der Waals surface area contributed by atoms with E-state index in [1.807, 2.05) is 0 Å². The van der Waals surface area contributed by atoms with Gasteiger partial charge in [0.1, 0.15) is 0 Å². The van der Waals surface area contributed by atoms with Gasteiger partial charge in [0.25, 0.3) is 0 Å². The second-order valence-electron chi connectivity index (χ2n) is 1.93. The van der Waals surface area contributed by atoms with Crippen molar-refractivity contribution >= 4 is 7.52 Å². The molecule has 0 aliphatic heterocycles. The highest BCUT2D eigenvalue weighted by molar-refractivity contribution is 7.57. The number of rotatable bonds is 3. The van der Waals surface area contributed by atoms with Gasteiger partial charge in [-0.05, 0) is 6.42 Å². The van der Waals surface area contributed by atoms with E-state index >= 15 is 0 Å². The highest BCUT2D eigenvalue weighted by Gasteiger charge is 2.25. The van der Waals surface area contributed by atoms with Crippen LogP contribution in [-0.2, 0) is 4.57 Å². The van der Waals surface area contributed by atoms with E-state index in [2.05, 4.69) is 4.95 Å². The van der Waals surface area contributed by atoms with Crippen LogP contribution in [0.4, 0.5) is 0 Å². The molecule has 0 bridgehead atoms. The summed E-state index contributed by atoms with van der Waals surface area (Å²) in [5.41, 5.74) is -0.505. The maximum absolute atomic E-state index is 10.6. The third-order valence-corrected chi connectivity index (χ3v) is 3.03. The average Bonchev–Trinajstić information content (AvgIpc) is 1.86. The molecule has 0 rings (SSSR count). The third-order valence-electron chi connectivity index (χ3n) is 1.28. The molecule has 0 radical (unpaired) electrons. The lowest BCUT2D eigenvalue weighted by Gasteiger charge is -2.07. The summed E-state index contributed by atoms with van der Waals surface area (Å²) in [6, 6.07) is 0. The molecule has 0 heterocycles. The van der Waals surface area contributed by atoms with Crippen molar-refractivity contribution in [2.45, 2.75) is 25.9 Å². The van der Waals surface area contributed by atoms with Crippen LogP contribution in [0.1, 0.15) is 20.3 Å². The molecule has 1 N–H and O–H groups in total. The Labute approximate surface area is 53.8 Å². The summed E-state index contributed by atoms with van der Waals surface area (Å²) < 4.78 is 10.6. The van der Waals surface area contributed by atoms with Crippen molar-refractivity contribution in [2.24, 2.45) is 4.95 Å². The predicted octanol–water partition coefficient (Wildman–Crippen LogP) is 1.74. The van der Waals surface area contributed by atoms with Gasteiger partial charge in [-0.1, -0.05) is 13.8 Å². The predicted molar refractivity (Wildman–Crippen MR) is 35.4 cm³/mol. The first-order valence-electron chi connectivity index (χ1n) is 2.72. The lowest BCUT2D eigenvalue weighted by Crippen LogP contribution is -1.97. The Morgan fingerprint density at radius 3 is 2.33 bits per heavy atom. The zero-order chi connectivity index (χ0) is 7.49. The number of nitroso groups, excluding NO2 is 1. The van der Waals surface area contributed by atoms with Crippen LogP contribution in [0, 0.1) is 4.91 Å². The standard InChI is InChI=1S/C4H10NO3P/c1-3-4(2)9(7,8)5-6/h4H,3H2,1-2H3,(H,7,8)/t4-/m1/s1. The fourth-order valence-corrected chi connectivity index (χ4v) is 0.955. The van der Waals surface area contributed by atoms with E-state index in [-0.39, 0.29) is 0 Å². The van der Waals surface area contributed by atoms with E-state index in [9.17, 15) is 9.47 Å². The summed E-state index contributed by atoms with van der Waals surface area (Å²) in [5.74, 6) is 0. The second-order valence-corrected chi connectivity index (χ2v) is 4.15. The third kappa shape index (κ3) is 2.24. The van der Waals surface area contributed by atoms with Crippen LogP contribution >= 0.6 is 7.52 Å². The Balaban J connectivity index is 4.14. The Bertz CT molecular complexity index is 147. The first-order valence-corrected chi connectivity index (χ1v) is 4.40. The van der Waals surface area contributed by atoms with E-state index < -0.39 is 13.2 Å². The maximum Gasteiger partial charge on any atom is 0.352 e. The van der Waals surface area contributed by atoms with Gasteiger partial charge < -0.3 is 4.89 Å². The molecule has 0 fully saturated rings. The first-order chi connectivity index (χ1) is 4.04. The molecule has 0 aromatic carbocycles. The molecule has 5 heteroatoms. The van der Waals surface area contributed by atoms with E-state index in [0.717, 1.165) is 0 Å². The zero-order valence-electron chi connectivity index (χ0n) is 5.44. The monoisotopic (exact) mass is 151 g/mol. The molecule has 4 nitrogen and oxygen atoms in total. The fourth-order valence-electron chi connectivity index (χ4n) is 0.318. The molecule has 0 amide bonds. The molecule has 1 unspecified atom stereocenters. The molecule has 54 valence electrons. The van der Waals surface area contributed by atoms with Crippen LogP contribution < -0.4 is 0 Å². The fraction of sp³-hybridized carbons (Fsp3) is 1.00. The summed E-state index contributed by atoms with van der Waals surface area (Å²) in [5, 5.41) is 0.